The van der Waals surface area contributed by atoms with Crippen LogP contribution >= 0.6 is 0 Å². The summed E-state index contributed by atoms with van der Waals surface area (Å²) in [7, 11) is -1.14. The Morgan fingerprint density at radius 3 is 2.36 bits per heavy atom. The van der Waals surface area contributed by atoms with Crippen molar-refractivity contribution in [2.24, 2.45) is 0 Å². The summed E-state index contributed by atoms with van der Waals surface area (Å²) >= 11 is 0. The van der Waals surface area contributed by atoms with E-state index >= 15 is 0 Å². The minimum atomic E-state index is -2.98. The molecular weight excluding hydrogens is 164 g/mol. The van der Waals surface area contributed by atoms with Crippen LogP contribution in [-0.4, -0.2) is 34.3 Å². The van der Waals surface area contributed by atoms with Gasteiger partial charge < -0.3 is 5.32 Å². The highest BCUT2D eigenvalue weighted by Gasteiger charge is 2.03. The Bertz CT molecular complexity index is 177. The standard InChI is InChI=1S/C6H16N2O2S/c1-3-11(9,10)8-6-4-5-7-2/h7-8H,3-6H2,1-2H3. The van der Waals surface area contributed by atoms with Crippen molar-refractivity contribution in [3.8, 4) is 0 Å². The average molecular weight is 180 g/mol. The number of hydrogen-bond donors (Lipinski definition) is 2. The van der Waals surface area contributed by atoms with Gasteiger partial charge in [0, 0.05) is 6.54 Å². The fraction of sp³-hybridized carbons (Fsp3) is 1.00. The molecule has 0 unspecified atom stereocenters. The lowest BCUT2D eigenvalue weighted by molar-refractivity contribution is 0.578. The summed E-state index contributed by atoms with van der Waals surface area (Å²) in [5.41, 5.74) is 0. The molecule has 0 amide bonds. The van der Waals surface area contributed by atoms with Crippen LogP contribution < -0.4 is 10.0 Å². The van der Waals surface area contributed by atoms with E-state index in [2.05, 4.69) is 10.0 Å². The second kappa shape index (κ2) is 5.51. The predicted octanol–water partition coefficient (Wildman–Crippen LogP) is -0.465. The van der Waals surface area contributed by atoms with Gasteiger partial charge in [-0.1, -0.05) is 0 Å². The summed E-state index contributed by atoms with van der Waals surface area (Å²) in [6.07, 6.45) is 0.829. The maximum atomic E-state index is 10.8. The van der Waals surface area contributed by atoms with E-state index in [1.807, 2.05) is 7.05 Å². The molecule has 5 heteroatoms. The van der Waals surface area contributed by atoms with Crippen LogP contribution in [0.5, 0.6) is 0 Å². The highest BCUT2D eigenvalue weighted by atomic mass is 32.2. The Balaban J connectivity index is 3.39. The molecule has 68 valence electrons. The van der Waals surface area contributed by atoms with Crippen molar-refractivity contribution in [2.75, 3.05) is 25.9 Å². The van der Waals surface area contributed by atoms with Crippen LogP contribution in [0.2, 0.25) is 0 Å². The molecule has 0 bridgehead atoms. The molecule has 0 atom stereocenters. The van der Waals surface area contributed by atoms with Gasteiger partial charge in [0.25, 0.3) is 0 Å². The third-order valence-corrected chi connectivity index (χ3v) is 2.71. The summed E-state index contributed by atoms with van der Waals surface area (Å²) in [4.78, 5) is 0. The lowest BCUT2D eigenvalue weighted by Gasteiger charge is -2.02. The zero-order valence-corrected chi connectivity index (χ0v) is 7.87. The van der Waals surface area contributed by atoms with E-state index in [0.29, 0.717) is 6.54 Å². The zero-order valence-electron chi connectivity index (χ0n) is 7.05. The summed E-state index contributed by atoms with van der Waals surface area (Å²) in [5.74, 6) is 0.159. The van der Waals surface area contributed by atoms with Gasteiger partial charge in [0.1, 0.15) is 0 Å². The molecule has 0 aromatic rings. The maximum Gasteiger partial charge on any atom is 0.211 e. The van der Waals surface area contributed by atoms with Crippen molar-refractivity contribution in [2.45, 2.75) is 13.3 Å². The SMILES string of the molecule is CCS(=O)(=O)NCCCNC. The van der Waals surface area contributed by atoms with E-state index in [9.17, 15) is 8.42 Å². The van der Waals surface area contributed by atoms with Crippen molar-refractivity contribution >= 4 is 10.0 Å². The van der Waals surface area contributed by atoms with Gasteiger partial charge in [-0.25, -0.2) is 13.1 Å². The van der Waals surface area contributed by atoms with Gasteiger partial charge >= 0.3 is 0 Å². The number of hydrogen-bond acceptors (Lipinski definition) is 3. The van der Waals surface area contributed by atoms with E-state index in [1.165, 1.54) is 0 Å². The minimum Gasteiger partial charge on any atom is -0.320 e. The molecule has 0 heterocycles. The van der Waals surface area contributed by atoms with Gasteiger partial charge in [-0.2, -0.15) is 0 Å². The first-order valence-electron chi connectivity index (χ1n) is 3.74. The quantitative estimate of drug-likeness (QED) is 0.544. The Hall–Kier alpha value is -0.130. The van der Waals surface area contributed by atoms with Crippen LogP contribution in [0.15, 0.2) is 0 Å². The monoisotopic (exact) mass is 180 g/mol. The normalized spacial score (nSPS) is 11.8. The maximum absolute atomic E-state index is 10.8. The molecule has 0 aromatic carbocycles. The van der Waals surface area contributed by atoms with Crippen molar-refractivity contribution in [3.63, 3.8) is 0 Å². The van der Waals surface area contributed by atoms with E-state index < -0.39 is 10.0 Å². The Morgan fingerprint density at radius 2 is 1.91 bits per heavy atom. The highest BCUT2D eigenvalue weighted by molar-refractivity contribution is 7.89. The summed E-state index contributed by atoms with van der Waals surface area (Å²) in [6, 6.07) is 0. The molecule has 0 saturated heterocycles. The molecule has 0 aliphatic carbocycles. The molecule has 0 radical (unpaired) electrons. The third-order valence-electron chi connectivity index (χ3n) is 1.31. The van der Waals surface area contributed by atoms with E-state index in [0.717, 1.165) is 13.0 Å². The fourth-order valence-electron chi connectivity index (χ4n) is 0.595. The van der Waals surface area contributed by atoms with Gasteiger partial charge in [-0.3, -0.25) is 0 Å². The molecule has 0 aliphatic heterocycles. The van der Waals surface area contributed by atoms with Gasteiger partial charge in [0.2, 0.25) is 10.0 Å². The van der Waals surface area contributed by atoms with E-state index in [4.69, 9.17) is 0 Å². The average Bonchev–Trinajstić information content (AvgIpc) is 1.99. The molecule has 0 aromatic heterocycles. The van der Waals surface area contributed by atoms with Gasteiger partial charge in [0.05, 0.1) is 5.75 Å². The van der Waals surface area contributed by atoms with Crippen molar-refractivity contribution in [1.82, 2.24) is 10.0 Å². The molecular formula is C6H16N2O2S. The lowest BCUT2D eigenvalue weighted by Crippen LogP contribution is -2.27. The molecule has 11 heavy (non-hydrogen) atoms. The summed E-state index contributed by atoms with van der Waals surface area (Å²) in [5, 5.41) is 2.94. The first kappa shape index (κ1) is 10.9. The smallest absolute Gasteiger partial charge is 0.211 e. The van der Waals surface area contributed by atoms with E-state index in [1.54, 1.807) is 6.92 Å². The summed E-state index contributed by atoms with van der Waals surface area (Å²) < 4.78 is 24.1. The second-order valence-electron chi connectivity index (χ2n) is 2.25. The van der Waals surface area contributed by atoms with Crippen LogP contribution in [0.4, 0.5) is 0 Å². The van der Waals surface area contributed by atoms with Gasteiger partial charge in [-0.05, 0) is 26.9 Å². The molecule has 0 aliphatic rings. The van der Waals surface area contributed by atoms with Gasteiger partial charge in [0.15, 0.2) is 0 Å². The lowest BCUT2D eigenvalue weighted by atomic mass is 10.4. The Kier molecular flexibility index (Phi) is 5.45. The van der Waals surface area contributed by atoms with Crippen LogP contribution in [-0.2, 0) is 10.0 Å². The highest BCUT2D eigenvalue weighted by Crippen LogP contribution is 1.82. The predicted molar refractivity (Wildman–Crippen MR) is 46.0 cm³/mol. The first-order valence-corrected chi connectivity index (χ1v) is 5.39. The first-order chi connectivity index (χ1) is 5.12. The van der Waals surface area contributed by atoms with Crippen LogP contribution in [0.1, 0.15) is 13.3 Å². The second-order valence-corrected chi connectivity index (χ2v) is 4.35. The van der Waals surface area contributed by atoms with Crippen LogP contribution in [0.25, 0.3) is 0 Å². The summed E-state index contributed by atoms with van der Waals surface area (Å²) in [6.45, 7) is 2.99. The number of nitrogens with one attached hydrogen (secondary N) is 2. The molecule has 0 saturated carbocycles. The topological polar surface area (TPSA) is 58.2 Å². The largest absolute Gasteiger partial charge is 0.320 e. The Morgan fingerprint density at radius 1 is 1.27 bits per heavy atom. The van der Waals surface area contributed by atoms with Crippen molar-refractivity contribution in [3.05, 3.63) is 0 Å². The van der Waals surface area contributed by atoms with Crippen molar-refractivity contribution in [1.29, 1.82) is 0 Å². The molecule has 0 fully saturated rings. The molecule has 0 rings (SSSR count). The fourth-order valence-corrected chi connectivity index (χ4v) is 1.25. The number of sulfonamides is 1. The molecule has 0 spiro atoms. The Labute approximate surface area is 68.4 Å². The van der Waals surface area contributed by atoms with Gasteiger partial charge in [-0.15, -0.1) is 0 Å². The number of rotatable bonds is 6. The zero-order chi connectivity index (χ0) is 8.74. The van der Waals surface area contributed by atoms with Crippen molar-refractivity contribution < 1.29 is 8.42 Å². The third kappa shape index (κ3) is 6.28. The molecule has 2 N–H and O–H groups in total. The van der Waals surface area contributed by atoms with E-state index in [-0.39, 0.29) is 5.75 Å². The minimum absolute atomic E-state index is 0.159. The van der Waals surface area contributed by atoms with Crippen LogP contribution in [0, 0.1) is 0 Å². The van der Waals surface area contributed by atoms with Crippen LogP contribution in [0.3, 0.4) is 0 Å². The molecule has 4 nitrogen and oxygen atoms in total.